The van der Waals surface area contributed by atoms with E-state index in [0.29, 0.717) is 11.5 Å². The molecule has 1 aliphatic rings. The van der Waals surface area contributed by atoms with E-state index < -0.39 is 35.9 Å². The van der Waals surface area contributed by atoms with Gasteiger partial charge in [0.2, 0.25) is 0 Å². The monoisotopic (exact) mass is 471 g/mol. The minimum Gasteiger partial charge on any atom is -0.404 e. The van der Waals surface area contributed by atoms with E-state index in [-0.39, 0.29) is 24.5 Å². The summed E-state index contributed by atoms with van der Waals surface area (Å²) in [7, 11) is 0. The van der Waals surface area contributed by atoms with E-state index >= 15 is 0 Å². The largest absolute Gasteiger partial charge is 0.404 e. The number of nitrogens with two attached hydrogens (primary N) is 1. The van der Waals surface area contributed by atoms with Crippen LogP contribution in [0.2, 0.25) is 0 Å². The van der Waals surface area contributed by atoms with Crippen molar-refractivity contribution in [1.29, 1.82) is 0 Å². The third-order valence-electron chi connectivity index (χ3n) is 5.67. The molecule has 0 aromatic carbocycles. The van der Waals surface area contributed by atoms with Crippen LogP contribution in [0, 0.1) is 11.8 Å². The van der Waals surface area contributed by atoms with Gasteiger partial charge in [0.05, 0.1) is 17.2 Å². The van der Waals surface area contributed by atoms with Crippen LogP contribution in [0.25, 0.3) is 5.57 Å². The van der Waals surface area contributed by atoms with Gasteiger partial charge in [0.1, 0.15) is 17.8 Å². The zero-order chi connectivity index (χ0) is 23.5. The highest BCUT2D eigenvalue weighted by molar-refractivity contribution is 7.96. The summed E-state index contributed by atoms with van der Waals surface area (Å²) in [6.45, 7) is 3.49. The zero-order valence-corrected chi connectivity index (χ0v) is 18.7. The van der Waals surface area contributed by atoms with Gasteiger partial charge < -0.3 is 10.6 Å². The first-order chi connectivity index (χ1) is 15.2. The molecule has 12 heteroatoms. The van der Waals surface area contributed by atoms with Crippen molar-refractivity contribution in [2.45, 2.75) is 32.2 Å². The number of anilines is 1. The summed E-state index contributed by atoms with van der Waals surface area (Å²) >= 11 is 1.29. The van der Waals surface area contributed by atoms with Gasteiger partial charge in [0.15, 0.2) is 5.82 Å². The summed E-state index contributed by atoms with van der Waals surface area (Å²) in [5.41, 5.74) is 5.84. The minimum atomic E-state index is -2.85. The number of hydrogen-bond acceptors (Lipinski definition) is 8. The summed E-state index contributed by atoms with van der Waals surface area (Å²) in [6.07, 6.45) is 2.70. The SMILES string of the molecule is CSNCC1C(C)N(c2cc(/C(=C/N)c3nccc(C(F)F)n3)ncn2)CC(C)C1(F)F. The highest BCUT2D eigenvalue weighted by Crippen LogP contribution is 2.42. The van der Waals surface area contributed by atoms with Crippen molar-refractivity contribution in [2.75, 3.05) is 24.2 Å². The number of aromatic nitrogens is 4. The second-order valence-electron chi connectivity index (χ2n) is 7.58. The fraction of sp³-hybridized carbons (Fsp3) is 0.500. The standard InChI is InChI=1S/C20H25F4N7S/c1-11-9-31(12(2)14(8-29-32-3)20(11,23)24)17-6-16(27-10-28-17)13(7-25)19-26-5-4-15(30-19)18(21)22/h4-7,10-12,14,18,29H,8-9,25H2,1-3H3/b13-7-. The fourth-order valence-corrected chi connectivity index (χ4v) is 4.17. The van der Waals surface area contributed by atoms with Gasteiger partial charge in [-0.2, -0.15) is 0 Å². The van der Waals surface area contributed by atoms with Crippen LogP contribution in [0.4, 0.5) is 23.4 Å². The van der Waals surface area contributed by atoms with E-state index in [1.165, 1.54) is 37.6 Å². The molecule has 0 saturated carbocycles. The molecule has 0 amide bonds. The van der Waals surface area contributed by atoms with Gasteiger partial charge in [0, 0.05) is 43.5 Å². The van der Waals surface area contributed by atoms with Gasteiger partial charge in [-0.3, -0.25) is 4.72 Å². The Bertz CT molecular complexity index is 959. The molecule has 3 rings (SSSR count). The van der Waals surface area contributed by atoms with E-state index in [0.717, 1.165) is 6.07 Å². The lowest BCUT2D eigenvalue weighted by molar-refractivity contribution is -0.120. The van der Waals surface area contributed by atoms with Gasteiger partial charge >= 0.3 is 0 Å². The Hall–Kier alpha value is -2.47. The van der Waals surface area contributed by atoms with Crippen LogP contribution in [0.5, 0.6) is 0 Å². The summed E-state index contributed by atoms with van der Waals surface area (Å²) in [4.78, 5) is 18.2. The van der Waals surface area contributed by atoms with Crippen LogP contribution in [-0.4, -0.2) is 51.2 Å². The fourth-order valence-electron chi connectivity index (χ4n) is 3.82. The molecule has 0 radical (unpaired) electrons. The zero-order valence-electron chi connectivity index (χ0n) is 17.8. The van der Waals surface area contributed by atoms with Crippen molar-refractivity contribution in [3.8, 4) is 0 Å². The first kappa shape index (κ1) is 24.2. The van der Waals surface area contributed by atoms with E-state index in [9.17, 15) is 17.6 Å². The Kier molecular flexibility index (Phi) is 7.55. The summed E-state index contributed by atoms with van der Waals surface area (Å²) in [6, 6.07) is 2.18. The summed E-state index contributed by atoms with van der Waals surface area (Å²) in [5, 5.41) is 0. The Labute approximate surface area is 188 Å². The topological polar surface area (TPSA) is 92.8 Å². The molecule has 2 aromatic heterocycles. The number of nitrogens with zero attached hydrogens (tertiary/aromatic N) is 5. The maximum absolute atomic E-state index is 14.9. The first-order valence-electron chi connectivity index (χ1n) is 9.96. The summed E-state index contributed by atoms with van der Waals surface area (Å²) < 4.78 is 58.8. The molecular formula is C20H25F4N7S. The molecule has 3 atom stereocenters. The van der Waals surface area contributed by atoms with Crippen molar-refractivity contribution >= 4 is 23.3 Å². The smallest absolute Gasteiger partial charge is 0.280 e. The molecule has 2 aromatic rings. The van der Waals surface area contributed by atoms with Crippen LogP contribution in [-0.2, 0) is 0 Å². The van der Waals surface area contributed by atoms with Crippen LogP contribution >= 0.6 is 11.9 Å². The van der Waals surface area contributed by atoms with Gasteiger partial charge in [0.25, 0.3) is 12.3 Å². The second-order valence-corrected chi connectivity index (χ2v) is 8.27. The third kappa shape index (κ3) is 4.80. The Morgan fingerprint density at radius 1 is 1.34 bits per heavy atom. The number of piperidine rings is 1. The molecule has 174 valence electrons. The van der Waals surface area contributed by atoms with E-state index in [1.807, 2.05) is 4.90 Å². The first-order valence-corrected chi connectivity index (χ1v) is 11.2. The molecular weight excluding hydrogens is 446 g/mol. The van der Waals surface area contributed by atoms with E-state index in [1.54, 1.807) is 19.2 Å². The van der Waals surface area contributed by atoms with Crippen molar-refractivity contribution in [1.82, 2.24) is 24.7 Å². The lowest BCUT2D eigenvalue weighted by atomic mass is 9.80. The van der Waals surface area contributed by atoms with Crippen molar-refractivity contribution in [3.05, 3.63) is 48.1 Å². The van der Waals surface area contributed by atoms with Crippen LogP contribution in [0.3, 0.4) is 0 Å². The number of rotatable bonds is 7. The normalized spacial score (nSPS) is 23.6. The van der Waals surface area contributed by atoms with E-state index in [2.05, 4.69) is 24.7 Å². The van der Waals surface area contributed by atoms with Crippen molar-refractivity contribution < 1.29 is 17.6 Å². The van der Waals surface area contributed by atoms with Crippen molar-refractivity contribution in [3.63, 3.8) is 0 Å². The molecule has 3 heterocycles. The number of hydrogen-bond donors (Lipinski definition) is 2. The summed E-state index contributed by atoms with van der Waals surface area (Å²) in [5.74, 6) is -4.26. The maximum Gasteiger partial charge on any atom is 0.280 e. The lowest BCUT2D eigenvalue weighted by Gasteiger charge is -2.47. The lowest BCUT2D eigenvalue weighted by Crippen LogP contribution is -2.60. The van der Waals surface area contributed by atoms with Crippen LogP contribution < -0.4 is 15.4 Å². The molecule has 32 heavy (non-hydrogen) atoms. The van der Waals surface area contributed by atoms with Crippen LogP contribution in [0.1, 0.15) is 37.5 Å². The minimum absolute atomic E-state index is 0.0106. The number of nitrogens with one attached hydrogen (secondary N) is 1. The Morgan fingerprint density at radius 3 is 2.75 bits per heavy atom. The molecule has 0 bridgehead atoms. The number of halogens is 4. The molecule has 3 unspecified atom stereocenters. The predicted molar refractivity (Wildman–Crippen MR) is 116 cm³/mol. The average molecular weight is 472 g/mol. The molecule has 1 saturated heterocycles. The van der Waals surface area contributed by atoms with Gasteiger partial charge in [-0.1, -0.05) is 18.9 Å². The maximum atomic E-state index is 14.9. The van der Waals surface area contributed by atoms with E-state index in [4.69, 9.17) is 5.73 Å². The van der Waals surface area contributed by atoms with Gasteiger partial charge in [-0.25, -0.2) is 37.5 Å². The highest BCUT2D eigenvalue weighted by atomic mass is 32.2. The molecule has 1 fully saturated rings. The molecule has 0 aliphatic carbocycles. The Balaban J connectivity index is 1.95. The van der Waals surface area contributed by atoms with Crippen LogP contribution in [0.15, 0.2) is 30.9 Å². The average Bonchev–Trinajstić information content (AvgIpc) is 2.77. The van der Waals surface area contributed by atoms with Gasteiger partial charge in [-0.15, -0.1) is 0 Å². The third-order valence-corrected chi connectivity index (χ3v) is 6.13. The second kappa shape index (κ2) is 9.99. The number of alkyl halides is 4. The van der Waals surface area contributed by atoms with Gasteiger partial charge in [-0.05, 0) is 19.2 Å². The molecule has 7 nitrogen and oxygen atoms in total. The van der Waals surface area contributed by atoms with Crippen molar-refractivity contribution in [2.24, 2.45) is 17.6 Å². The highest BCUT2D eigenvalue weighted by Gasteiger charge is 2.53. The quantitative estimate of drug-likeness (QED) is 0.468. The molecule has 3 N–H and O–H groups in total. The Morgan fingerprint density at radius 2 is 2.09 bits per heavy atom. The predicted octanol–water partition coefficient (Wildman–Crippen LogP) is 3.52. The molecule has 0 spiro atoms. The molecule has 1 aliphatic heterocycles.